The fourth-order valence-electron chi connectivity index (χ4n) is 2.76. The Labute approximate surface area is 130 Å². The molecule has 2 aromatic rings. The zero-order chi connectivity index (χ0) is 15.4. The van der Waals surface area contributed by atoms with Gasteiger partial charge in [0.05, 0.1) is 18.9 Å². The number of hydrogen-bond donors (Lipinski definition) is 1. The molecule has 0 aliphatic carbocycles. The Balaban J connectivity index is 1.57. The normalized spacial score (nSPS) is 19.1. The Kier molecular flexibility index (Phi) is 4.53. The Morgan fingerprint density at radius 3 is 3.14 bits per heavy atom. The SMILES string of the molecule is C[C@@H](NCC[C@H]1CCOC1=O)c1cccc(-n2ccnc2)c1. The first-order valence-electron chi connectivity index (χ1n) is 7.72. The maximum atomic E-state index is 11.4. The van der Waals surface area contributed by atoms with Crippen LogP contribution < -0.4 is 5.32 Å². The molecule has 1 aliphatic heterocycles. The molecule has 1 saturated heterocycles. The van der Waals surface area contributed by atoms with Gasteiger partial charge in [0, 0.05) is 24.1 Å². The molecular formula is C17H21N3O2. The molecule has 2 heterocycles. The van der Waals surface area contributed by atoms with Crippen molar-refractivity contribution in [2.75, 3.05) is 13.2 Å². The summed E-state index contributed by atoms with van der Waals surface area (Å²) in [6.07, 6.45) is 7.19. The first-order valence-corrected chi connectivity index (χ1v) is 7.72. The van der Waals surface area contributed by atoms with Crippen LogP contribution in [0.25, 0.3) is 5.69 Å². The van der Waals surface area contributed by atoms with Crippen LogP contribution in [-0.4, -0.2) is 28.7 Å². The molecule has 1 fully saturated rings. The minimum atomic E-state index is -0.0449. The van der Waals surface area contributed by atoms with Crippen molar-refractivity contribution in [2.24, 2.45) is 5.92 Å². The van der Waals surface area contributed by atoms with Crippen LogP contribution in [0.4, 0.5) is 0 Å². The number of carbonyl (C=O) groups is 1. The molecule has 0 saturated carbocycles. The second-order valence-electron chi connectivity index (χ2n) is 5.68. The van der Waals surface area contributed by atoms with Crippen molar-refractivity contribution in [3.63, 3.8) is 0 Å². The van der Waals surface area contributed by atoms with Crippen molar-refractivity contribution in [3.8, 4) is 5.69 Å². The van der Waals surface area contributed by atoms with Crippen molar-refractivity contribution in [1.82, 2.24) is 14.9 Å². The summed E-state index contributed by atoms with van der Waals surface area (Å²) in [7, 11) is 0. The van der Waals surface area contributed by atoms with Gasteiger partial charge in [0.2, 0.25) is 0 Å². The van der Waals surface area contributed by atoms with Gasteiger partial charge in [-0.05, 0) is 44.0 Å². The van der Waals surface area contributed by atoms with Gasteiger partial charge in [-0.1, -0.05) is 12.1 Å². The standard InChI is InChI=1S/C17H21N3O2/c1-13(19-7-5-14-6-10-22-17(14)21)15-3-2-4-16(11-15)20-9-8-18-12-20/h2-4,8-9,11-14,19H,5-7,10H2,1H3/t13-,14+/m1/s1. The van der Waals surface area contributed by atoms with E-state index in [1.54, 1.807) is 12.5 Å². The maximum absolute atomic E-state index is 11.4. The Hall–Kier alpha value is -2.14. The minimum Gasteiger partial charge on any atom is -0.465 e. The molecule has 0 spiro atoms. The van der Waals surface area contributed by atoms with Crippen molar-refractivity contribution < 1.29 is 9.53 Å². The Morgan fingerprint density at radius 2 is 2.41 bits per heavy atom. The highest BCUT2D eigenvalue weighted by Gasteiger charge is 2.25. The summed E-state index contributed by atoms with van der Waals surface area (Å²) in [5, 5.41) is 3.49. The third-order valence-corrected chi connectivity index (χ3v) is 4.16. The van der Waals surface area contributed by atoms with Gasteiger partial charge in [0.1, 0.15) is 0 Å². The summed E-state index contributed by atoms with van der Waals surface area (Å²) in [6.45, 7) is 3.53. The molecule has 1 N–H and O–H groups in total. The number of nitrogens with one attached hydrogen (secondary N) is 1. The van der Waals surface area contributed by atoms with Gasteiger partial charge in [0.25, 0.3) is 0 Å². The van der Waals surface area contributed by atoms with E-state index >= 15 is 0 Å². The third kappa shape index (κ3) is 3.36. The highest BCUT2D eigenvalue weighted by molar-refractivity contribution is 5.74. The molecule has 22 heavy (non-hydrogen) atoms. The number of ether oxygens (including phenoxy) is 1. The summed E-state index contributed by atoms with van der Waals surface area (Å²) in [4.78, 5) is 15.5. The number of carbonyl (C=O) groups excluding carboxylic acids is 1. The molecule has 1 aromatic carbocycles. The van der Waals surface area contributed by atoms with E-state index in [9.17, 15) is 4.79 Å². The molecule has 5 heteroatoms. The van der Waals surface area contributed by atoms with Crippen LogP contribution in [0.3, 0.4) is 0 Å². The monoisotopic (exact) mass is 299 g/mol. The van der Waals surface area contributed by atoms with Crippen molar-refractivity contribution in [3.05, 3.63) is 48.5 Å². The summed E-state index contributed by atoms with van der Waals surface area (Å²) in [6, 6.07) is 8.62. The predicted octanol–water partition coefficient (Wildman–Crippen LogP) is 2.48. The first-order chi connectivity index (χ1) is 10.7. The molecule has 2 atom stereocenters. The molecule has 5 nitrogen and oxygen atoms in total. The van der Waals surface area contributed by atoms with Crippen LogP contribution in [0, 0.1) is 5.92 Å². The van der Waals surface area contributed by atoms with Crippen molar-refractivity contribution in [1.29, 1.82) is 0 Å². The molecule has 116 valence electrons. The molecule has 0 bridgehead atoms. The van der Waals surface area contributed by atoms with E-state index in [0.717, 1.165) is 25.1 Å². The molecule has 0 amide bonds. The average Bonchev–Trinajstić information content (AvgIpc) is 3.20. The lowest BCUT2D eigenvalue weighted by Gasteiger charge is -2.16. The van der Waals surface area contributed by atoms with Gasteiger partial charge in [-0.15, -0.1) is 0 Å². The topological polar surface area (TPSA) is 56.1 Å². The van der Waals surface area contributed by atoms with Gasteiger partial charge < -0.3 is 14.6 Å². The first kappa shape index (κ1) is 14.8. The lowest BCUT2D eigenvalue weighted by atomic mass is 10.0. The van der Waals surface area contributed by atoms with E-state index in [-0.39, 0.29) is 17.9 Å². The molecular weight excluding hydrogens is 278 g/mol. The van der Waals surface area contributed by atoms with Crippen LogP contribution in [0.1, 0.15) is 31.4 Å². The fraction of sp³-hybridized carbons (Fsp3) is 0.412. The zero-order valence-corrected chi connectivity index (χ0v) is 12.7. The lowest BCUT2D eigenvalue weighted by molar-refractivity contribution is -0.141. The molecule has 3 rings (SSSR count). The van der Waals surface area contributed by atoms with E-state index in [2.05, 4.69) is 41.5 Å². The van der Waals surface area contributed by atoms with E-state index in [4.69, 9.17) is 4.74 Å². The summed E-state index contributed by atoms with van der Waals surface area (Å²) in [5.41, 5.74) is 2.32. The molecule has 1 aliphatic rings. The number of nitrogens with zero attached hydrogens (tertiary/aromatic N) is 2. The zero-order valence-electron chi connectivity index (χ0n) is 12.7. The maximum Gasteiger partial charge on any atom is 0.309 e. The molecule has 0 radical (unpaired) electrons. The second kappa shape index (κ2) is 6.75. The van der Waals surface area contributed by atoms with Crippen LogP contribution in [0.2, 0.25) is 0 Å². The van der Waals surface area contributed by atoms with E-state index in [0.29, 0.717) is 6.61 Å². The van der Waals surface area contributed by atoms with E-state index in [1.165, 1.54) is 5.56 Å². The van der Waals surface area contributed by atoms with Gasteiger partial charge in [-0.25, -0.2) is 4.98 Å². The highest BCUT2D eigenvalue weighted by atomic mass is 16.5. The number of aromatic nitrogens is 2. The van der Waals surface area contributed by atoms with Gasteiger partial charge in [0.15, 0.2) is 0 Å². The number of hydrogen-bond acceptors (Lipinski definition) is 4. The van der Waals surface area contributed by atoms with Crippen LogP contribution >= 0.6 is 0 Å². The second-order valence-corrected chi connectivity index (χ2v) is 5.68. The quantitative estimate of drug-likeness (QED) is 0.833. The number of imidazole rings is 1. The van der Waals surface area contributed by atoms with Gasteiger partial charge in [-0.3, -0.25) is 4.79 Å². The van der Waals surface area contributed by atoms with Crippen LogP contribution in [0.15, 0.2) is 43.0 Å². The number of rotatable bonds is 6. The van der Waals surface area contributed by atoms with Crippen LogP contribution in [-0.2, 0) is 9.53 Å². The fourth-order valence-corrected chi connectivity index (χ4v) is 2.76. The highest BCUT2D eigenvalue weighted by Crippen LogP contribution is 2.19. The third-order valence-electron chi connectivity index (χ3n) is 4.16. The van der Waals surface area contributed by atoms with Gasteiger partial charge in [-0.2, -0.15) is 0 Å². The van der Waals surface area contributed by atoms with Crippen molar-refractivity contribution in [2.45, 2.75) is 25.8 Å². The van der Waals surface area contributed by atoms with Crippen LogP contribution in [0.5, 0.6) is 0 Å². The van der Waals surface area contributed by atoms with Gasteiger partial charge >= 0.3 is 5.97 Å². The Bertz CT molecular complexity index is 625. The van der Waals surface area contributed by atoms with E-state index < -0.39 is 0 Å². The predicted molar refractivity (Wildman–Crippen MR) is 83.7 cm³/mol. The van der Waals surface area contributed by atoms with E-state index in [1.807, 2.05) is 10.8 Å². The lowest BCUT2D eigenvalue weighted by Crippen LogP contribution is -2.23. The summed E-state index contributed by atoms with van der Waals surface area (Å²) < 4.78 is 6.98. The molecule has 0 unspecified atom stereocenters. The molecule has 1 aromatic heterocycles. The summed E-state index contributed by atoms with van der Waals surface area (Å²) >= 11 is 0. The number of benzene rings is 1. The van der Waals surface area contributed by atoms with Crippen molar-refractivity contribution >= 4 is 5.97 Å². The smallest absolute Gasteiger partial charge is 0.309 e. The average molecular weight is 299 g/mol. The number of cyclic esters (lactones) is 1. The largest absolute Gasteiger partial charge is 0.465 e. The minimum absolute atomic E-state index is 0.0449. The summed E-state index contributed by atoms with van der Waals surface area (Å²) in [5.74, 6) is 0.0218. The Morgan fingerprint density at radius 1 is 1.50 bits per heavy atom. The number of esters is 1.